The molecule has 0 aromatic rings. The summed E-state index contributed by atoms with van der Waals surface area (Å²) in [6.45, 7) is 4.26. The van der Waals surface area contributed by atoms with Gasteiger partial charge in [-0.1, -0.05) is 39.0 Å². The highest BCUT2D eigenvalue weighted by Crippen LogP contribution is 2.06. The Morgan fingerprint density at radius 3 is 2.38 bits per heavy atom. The van der Waals surface area contributed by atoms with E-state index in [2.05, 4.69) is 11.7 Å². The van der Waals surface area contributed by atoms with Gasteiger partial charge >= 0.3 is 5.97 Å². The predicted molar refractivity (Wildman–Crippen MR) is 60.9 cm³/mol. The highest BCUT2D eigenvalue weighted by molar-refractivity contribution is 5.72. The number of hydrogen-bond donors (Lipinski definition) is 0. The number of halogens is 1. The zero-order valence-corrected chi connectivity index (χ0v) is 10.3. The lowest BCUT2D eigenvalue weighted by atomic mass is 10.1. The van der Waals surface area contributed by atoms with Crippen LogP contribution in [-0.4, -0.2) is 25.5 Å². The van der Waals surface area contributed by atoms with Gasteiger partial charge < -0.3 is 9.47 Å². The summed E-state index contributed by atoms with van der Waals surface area (Å²) >= 11 is 0. The molecular weight excluding hydrogens is 211 g/mol. The fraction of sp³-hybridized carbons (Fsp3) is 0.917. The Morgan fingerprint density at radius 2 is 1.75 bits per heavy atom. The summed E-state index contributed by atoms with van der Waals surface area (Å²) in [5.74, 6) is -0.923. The molecule has 0 aliphatic carbocycles. The lowest BCUT2D eigenvalue weighted by Crippen LogP contribution is -2.22. The zero-order valence-electron chi connectivity index (χ0n) is 10.3. The maximum atomic E-state index is 12.9. The molecule has 0 saturated carbocycles. The first-order valence-corrected chi connectivity index (χ1v) is 6.14. The summed E-state index contributed by atoms with van der Waals surface area (Å²) in [5.41, 5.74) is 0. The molecule has 96 valence electrons. The molecule has 0 bridgehead atoms. The van der Waals surface area contributed by atoms with Crippen LogP contribution in [0.5, 0.6) is 0 Å². The van der Waals surface area contributed by atoms with E-state index in [0.717, 1.165) is 19.3 Å². The molecule has 4 heteroatoms. The van der Waals surface area contributed by atoms with Gasteiger partial charge in [0.2, 0.25) is 0 Å². The van der Waals surface area contributed by atoms with E-state index >= 15 is 0 Å². The van der Waals surface area contributed by atoms with Gasteiger partial charge in [0.15, 0.2) is 0 Å². The molecule has 0 aromatic heterocycles. The monoisotopic (exact) mass is 234 g/mol. The van der Waals surface area contributed by atoms with E-state index in [1.807, 2.05) is 0 Å². The average molecular weight is 234 g/mol. The van der Waals surface area contributed by atoms with Crippen LogP contribution in [0.3, 0.4) is 0 Å². The number of unbranched alkanes of at least 4 members (excludes halogenated alkanes) is 5. The summed E-state index contributed by atoms with van der Waals surface area (Å²) < 4.78 is 22.1. The van der Waals surface area contributed by atoms with Crippen LogP contribution in [-0.2, 0) is 14.3 Å². The van der Waals surface area contributed by atoms with Crippen molar-refractivity contribution >= 4 is 5.97 Å². The van der Waals surface area contributed by atoms with Crippen LogP contribution < -0.4 is 0 Å². The number of alkyl halides is 1. The Labute approximate surface area is 97.3 Å². The normalized spacial score (nSPS) is 12.4. The van der Waals surface area contributed by atoms with Crippen molar-refractivity contribution in [3.8, 4) is 0 Å². The molecule has 0 radical (unpaired) electrons. The van der Waals surface area contributed by atoms with Gasteiger partial charge in [-0.05, 0) is 13.3 Å². The molecule has 0 N–H and O–H groups in total. The van der Waals surface area contributed by atoms with Crippen molar-refractivity contribution in [1.82, 2.24) is 0 Å². The lowest BCUT2D eigenvalue weighted by molar-refractivity contribution is -0.169. The van der Waals surface area contributed by atoms with Crippen LogP contribution >= 0.6 is 0 Å². The van der Waals surface area contributed by atoms with Gasteiger partial charge in [0.25, 0.3) is 6.36 Å². The van der Waals surface area contributed by atoms with Crippen molar-refractivity contribution in [2.24, 2.45) is 0 Å². The molecule has 0 aromatic carbocycles. The third-order valence-corrected chi connectivity index (χ3v) is 2.23. The van der Waals surface area contributed by atoms with Crippen LogP contribution in [0.2, 0.25) is 0 Å². The van der Waals surface area contributed by atoms with Crippen molar-refractivity contribution in [3.63, 3.8) is 0 Å². The van der Waals surface area contributed by atoms with Gasteiger partial charge in [-0.15, -0.1) is 0 Å². The molecule has 0 aliphatic rings. The number of rotatable bonds is 10. The molecule has 0 spiro atoms. The number of carbonyl (C=O) groups is 1. The molecule has 1 atom stereocenters. The smallest absolute Gasteiger partial charge is 0.368 e. The first-order valence-electron chi connectivity index (χ1n) is 6.14. The maximum absolute atomic E-state index is 12.9. The van der Waals surface area contributed by atoms with Crippen molar-refractivity contribution in [3.05, 3.63) is 0 Å². The Hall–Kier alpha value is -0.640. The number of carbonyl (C=O) groups excluding carboxylic acids is 1. The van der Waals surface area contributed by atoms with Crippen LogP contribution in [0.15, 0.2) is 0 Å². The van der Waals surface area contributed by atoms with Crippen LogP contribution in [0.25, 0.3) is 0 Å². The summed E-state index contributed by atoms with van der Waals surface area (Å²) in [4.78, 5) is 10.8. The SMILES string of the molecule is CCCCCCCCOC(F)C(=O)OCC. The molecule has 1 unspecified atom stereocenters. The number of hydrogen-bond acceptors (Lipinski definition) is 3. The van der Waals surface area contributed by atoms with Crippen molar-refractivity contribution < 1.29 is 18.7 Å². The second-order valence-electron chi connectivity index (χ2n) is 3.71. The Morgan fingerprint density at radius 1 is 1.12 bits per heavy atom. The molecule has 0 amide bonds. The van der Waals surface area contributed by atoms with Crippen molar-refractivity contribution in [2.75, 3.05) is 13.2 Å². The van der Waals surface area contributed by atoms with E-state index in [4.69, 9.17) is 4.74 Å². The molecule has 3 nitrogen and oxygen atoms in total. The van der Waals surface area contributed by atoms with E-state index in [-0.39, 0.29) is 13.2 Å². The minimum absolute atomic E-state index is 0.180. The summed E-state index contributed by atoms with van der Waals surface area (Å²) in [6.07, 6.45) is 4.72. The second-order valence-corrected chi connectivity index (χ2v) is 3.71. The molecule has 0 saturated heterocycles. The van der Waals surface area contributed by atoms with Crippen LogP contribution in [0, 0.1) is 0 Å². The summed E-state index contributed by atoms with van der Waals surface area (Å²) in [6, 6.07) is 0. The van der Waals surface area contributed by atoms with Crippen LogP contribution in [0.1, 0.15) is 52.4 Å². The van der Waals surface area contributed by atoms with Crippen molar-refractivity contribution in [2.45, 2.75) is 58.7 Å². The summed E-state index contributed by atoms with van der Waals surface area (Å²) in [7, 11) is 0. The van der Waals surface area contributed by atoms with Crippen molar-refractivity contribution in [1.29, 1.82) is 0 Å². The fourth-order valence-electron chi connectivity index (χ4n) is 1.35. The zero-order chi connectivity index (χ0) is 12.2. The molecule has 0 fully saturated rings. The minimum Gasteiger partial charge on any atom is -0.462 e. The van der Waals surface area contributed by atoms with E-state index in [1.54, 1.807) is 6.92 Å². The summed E-state index contributed by atoms with van der Waals surface area (Å²) in [5, 5.41) is 0. The largest absolute Gasteiger partial charge is 0.462 e. The van der Waals surface area contributed by atoms with E-state index in [1.165, 1.54) is 19.3 Å². The Kier molecular flexibility index (Phi) is 10.4. The molecule has 16 heavy (non-hydrogen) atoms. The quantitative estimate of drug-likeness (QED) is 0.430. The molecular formula is C12H23FO3. The van der Waals surface area contributed by atoms with Crippen LogP contribution in [0.4, 0.5) is 4.39 Å². The molecule has 0 heterocycles. The standard InChI is InChI=1S/C12H23FO3/c1-3-5-6-7-8-9-10-16-11(13)12(14)15-4-2/h11H,3-10H2,1-2H3. The van der Waals surface area contributed by atoms with Gasteiger partial charge in [0.05, 0.1) is 13.2 Å². The van der Waals surface area contributed by atoms with E-state index in [9.17, 15) is 9.18 Å². The third-order valence-electron chi connectivity index (χ3n) is 2.23. The lowest BCUT2D eigenvalue weighted by Gasteiger charge is -2.08. The fourth-order valence-corrected chi connectivity index (χ4v) is 1.35. The molecule has 0 aliphatic heterocycles. The Bertz CT molecular complexity index is 174. The minimum atomic E-state index is -1.92. The second kappa shape index (κ2) is 10.9. The van der Waals surface area contributed by atoms with Gasteiger partial charge in [-0.2, -0.15) is 0 Å². The first-order chi connectivity index (χ1) is 7.72. The maximum Gasteiger partial charge on any atom is 0.368 e. The third kappa shape index (κ3) is 8.65. The number of ether oxygens (including phenoxy) is 2. The number of esters is 1. The van der Waals surface area contributed by atoms with E-state index < -0.39 is 12.3 Å². The Balaban J connectivity index is 3.27. The first kappa shape index (κ1) is 15.4. The highest BCUT2D eigenvalue weighted by atomic mass is 19.1. The van der Waals surface area contributed by atoms with Gasteiger partial charge in [-0.3, -0.25) is 0 Å². The van der Waals surface area contributed by atoms with Gasteiger partial charge in [-0.25, -0.2) is 9.18 Å². The average Bonchev–Trinajstić information content (AvgIpc) is 2.28. The molecule has 0 rings (SSSR count). The van der Waals surface area contributed by atoms with Gasteiger partial charge in [0, 0.05) is 0 Å². The topological polar surface area (TPSA) is 35.5 Å². The highest BCUT2D eigenvalue weighted by Gasteiger charge is 2.18. The van der Waals surface area contributed by atoms with E-state index in [0.29, 0.717) is 0 Å². The van der Waals surface area contributed by atoms with Gasteiger partial charge in [0.1, 0.15) is 0 Å². The predicted octanol–water partition coefficient (Wildman–Crippen LogP) is 3.22.